The Balaban J connectivity index is 1.75. The lowest BCUT2D eigenvalue weighted by Crippen LogP contribution is -2.46. The van der Waals surface area contributed by atoms with Crippen LogP contribution in [0.4, 0.5) is 0 Å². The fourth-order valence-corrected chi connectivity index (χ4v) is 3.73. The van der Waals surface area contributed by atoms with Gasteiger partial charge in [-0.15, -0.1) is 0 Å². The monoisotopic (exact) mass is 276 g/mol. The summed E-state index contributed by atoms with van der Waals surface area (Å²) in [7, 11) is -1.44. The van der Waals surface area contributed by atoms with Gasteiger partial charge in [-0.3, -0.25) is 0 Å². The molecule has 0 amide bonds. The number of nitrogens with one attached hydrogen (secondary N) is 1. The molecule has 1 heterocycles. The molecule has 0 radical (unpaired) electrons. The molecule has 0 bridgehead atoms. The number of hydrogen-bond acceptors (Lipinski definition) is 4. The van der Waals surface area contributed by atoms with E-state index < -0.39 is 10.0 Å². The maximum atomic E-state index is 12.1. The van der Waals surface area contributed by atoms with Crippen LogP contribution in [0.1, 0.15) is 25.7 Å². The number of ether oxygens (including phenoxy) is 1. The number of rotatable bonds is 6. The molecule has 1 saturated carbocycles. The lowest BCUT2D eigenvalue weighted by molar-refractivity contribution is 0.0206. The molecule has 1 unspecified atom stereocenters. The van der Waals surface area contributed by atoms with Crippen LogP contribution in [-0.2, 0) is 14.8 Å². The van der Waals surface area contributed by atoms with Crippen molar-refractivity contribution in [3.05, 3.63) is 0 Å². The minimum Gasteiger partial charge on any atom is -0.374 e. The summed E-state index contributed by atoms with van der Waals surface area (Å²) < 4.78 is 31.2. The predicted molar refractivity (Wildman–Crippen MR) is 71.0 cm³/mol. The van der Waals surface area contributed by atoms with Gasteiger partial charge in [0.25, 0.3) is 0 Å². The van der Waals surface area contributed by atoms with E-state index in [1.807, 2.05) is 0 Å². The van der Waals surface area contributed by atoms with Gasteiger partial charge in [-0.25, -0.2) is 12.7 Å². The molecule has 0 spiro atoms. The first-order valence-corrected chi connectivity index (χ1v) is 8.45. The van der Waals surface area contributed by atoms with Gasteiger partial charge in [-0.2, -0.15) is 0 Å². The molecular weight excluding hydrogens is 252 g/mol. The van der Waals surface area contributed by atoms with E-state index in [4.69, 9.17) is 4.74 Å². The van der Waals surface area contributed by atoms with E-state index in [1.165, 1.54) is 23.6 Å². The molecule has 0 aromatic rings. The normalized spacial score (nSPS) is 26.2. The first-order chi connectivity index (χ1) is 8.58. The third kappa shape index (κ3) is 3.91. The van der Waals surface area contributed by atoms with Crippen molar-refractivity contribution < 1.29 is 13.2 Å². The van der Waals surface area contributed by atoms with Gasteiger partial charge in [0.05, 0.1) is 18.5 Å². The van der Waals surface area contributed by atoms with E-state index in [0.717, 1.165) is 19.5 Å². The summed E-state index contributed by atoms with van der Waals surface area (Å²) in [6.07, 6.45) is 4.48. The topological polar surface area (TPSA) is 58.6 Å². The van der Waals surface area contributed by atoms with Gasteiger partial charge in [-0.1, -0.05) is 19.3 Å². The molecule has 106 valence electrons. The van der Waals surface area contributed by atoms with Crippen LogP contribution >= 0.6 is 0 Å². The van der Waals surface area contributed by atoms with Gasteiger partial charge in [0, 0.05) is 26.7 Å². The van der Waals surface area contributed by atoms with Gasteiger partial charge in [0.2, 0.25) is 10.0 Å². The zero-order chi connectivity index (χ0) is 13.0. The summed E-state index contributed by atoms with van der Waals surface area (Å²) in [4.78, 5) is 0. The lowest BCUT2D eigenvalue weighted by Gasteiger charge is -2.29. The highest BCUT2D eigenvalue weighted by molar-refractivity contribution is 7.89. The molecule has 2 rings (SSSR count). The maximum Gasteiger partial charge on any atom is 0.213 e. The van der Waals surface area contributed by atoms with Gasteiger partial charge in [0.15, 0.2) is 0 Å². The molecule has 1 atom stereocenters. The van der Waals surface area contributed by atoms with Crippen LogP contribution in [0.3, 0.4) is 0 Å². The molecule has 1 saturated heterocycles. The summed E-state index contributed by atoms with van der Waals surface area (Å²) in [5, 5.41) is 3.21. The molecular formula is C12H24N2O3S. The smallest absolute Gasteiger partial charge is 0.213 e. The Morgan fingerprint density at radius 2 is 2.17 bits per heavy atom. The molecule has 0 aromatic carbocycles. The third-order valence-corrected chi connectivity index (χ3v) is 5.80. The second kappa shape index (κ2) is 6.32. The van der Waals surface area contributed by atoms with Crippen LogP contribution in [-0.4, -0.2) is 57.9 Å². The van der Waals surface area contributed by atoms with Crippen molar-refractivity contribution in [1.29, 1.82) is 0 Å². The van der Waals surface area contributed by atoms with Crippen molar-refractivity contribution in [2.24, 2.45) is 5.92 Å². The van der Waals surface area contributed by atoms with Crippen LogP contribution in [0.15, 0.2) is 0 Å². The van der Waals surface area contributed by atoms with Crippen molar-refractivity contribution in [3.8, 4) is 0 Å². The third-order valence-electron chi connectivity index (χ3n) is 3.95. The second-order valence-electron chi connectivity index (χ2n) is 5.38. The van der Waals surface area contributed by atoms with Gasteiger partial charge >= 0.3 is 0 Å². The quantitative estimate of drug-likeness (QED) is 0.764. The van der Waals surface area contributed by atoms with Crippen LogP contribution in [0.5, 0.6) is 0 Å². The number of morpholine rings is 1. The highest BCUT2D eigenvalue weighted by Gasteiger charge is 2.26. The molecule has 1 aliphatic carbocycles. The van der Waals surface area contributed by atoms with E-state index in [9.17, 15) is 8.42 Å². The van der Waals surface area contributed by atoms with Crippen molar-refractivity contribution in [3.63, 3.8) is 0 Å². The largest absolute Gasteiger partial charge is 0.374 e. The van der Waals surface area contributed by atoms with E-state index in [0.29, 0.717) is 19.1 Å². The average molecular weight is 276 g/mol. The number of hydrogen-bond donors (Lipinski definition) is 1. The van der Waals surface area contributed by atoms with Gasteiger partial charge in [-0.05, 0) is 12.3 Å². The lowest BCUT2D eigenvalue weighted by atomic mass is 9.84. The zero-order valence-electron chi connectivity index (χ0n) is 11.1. The SMILES string of the molecule is CN(CC1CNCCO1)S(=O)(=O)CCC1CCC1. The Hall–Kier alpha value is -0.170. The zero-order valence-corrected chi connectivity index (χ0v) is 11.9. The van der Waals surface area contributed by atoms with Crippen LogP contribution < -0.4 is 5.32 Å². The molecule has 0 aromatic heterocycles. The fraction of sp³-hybridized carbons (Fsp3) is 1.00. The van der Waals surface area contributed by atoms with Crippen LogP contribution in [0, 0.1) is 5.92 Å². The standard InChI is InChI=1S/C12H24N2O3S/c1-14(10-12-9-13-6-7-17-12)18(15,16)8-5-11-3-2-4-11/h11-13H,2-10H2,1H3. The Morgan fingerprint density at radius 3 is 2.72 bits per heavy atom. The fourth-order valence-electron chi connectivity index (χ4n) is 2.39. The molecule has 1 N–H and O–H groups in total. The summed E-state index contributed by atoms with van der Waals surface area (Å²) in [5.74, 6) is 0.926. The molecule has 1 aliphatic heterocycles. The van der Waals surface area contributed by atoms with Gasteiger partial charge in [0.1, 0.15) is 0 Å². The Labute approximate surface area is 110 Å². The maximum absolute atomic E-state index is 12.1. The molecule has 5 nitrogen and oxygen atoms in total. The summed E-state index contributed by atoms with van der Waals surface area (Å²) in [6, 6.07) is 0. The highest BCUT2D eigenvalue weighted by Crippen LogP contribution is 2.29. The summed E-state index contributed by atoms with van der Waals surface area (Å²) >= 11 is 0. The number of sulfonamides is 1. The minimum absolute atomic E-state index is 0.0118. The Morgan fingerprint density at radius 1 is 1.39 bits per heavy atom. The van der Waals surface area contributed by atoms with Crippen molar-refractivity contribution in [1.82, 2.24) is 9.62 Å². The highest BCUT2D eigenvalue weighted by atomic mass is 32.2. The predicted octanol–water partition coefficient (Wildman–Crippen LogP) is 0.427. The molecule has 6 heteroatoms. The van der Waals surface area contributed by atoms with Crippen LogP contribution in [0.2, 0.25) is 0 Å². The first-order valence-electron chi connectivity index (χ1n) is 6.84. The van der Waals surface area contributed by atoms with E-state index in [1.54, 1.807) is 7.05 Å². The summed E-state index contributed by atoms with van der Waals surface area (Å²) in [5.41, 5.74) is 0. The molecule has 18 heavy (non-hydrogen) atoms. The average Bonchev–Trinajstić information content (AvgIpc) is 2.28. The van der Waals surface area contributed by atoms with Crippen molar-refractivity contribution >= 4 is 10.0 Å². The van der Waals surface area contributed by atoms with E-state index >= 15 is 0 Å². The van der Waals surface area contributed by atoms with Crippen LogP contribution in [0.25, 0.3) is 0 Å². The van der Waals surface area contributed by atoms with E-state index in [2.05, 4.69) is 5.32 Å². The molecule has 2 fully saturated rings. The van der Waals surface area contributed by atoms with Gasteiger partial charge < -0.3 is 10.1 Å². The number of likely N-dealkylation sites (N-methyl/N-ethyl adjacent to an activating group) is 1. The minimum atomic E-state index is -3.11. The second-order valence-corrected chi connectivity index (χ2v) is 7.57. The first kappa shape index (κ1) is 14.2. The Bertz CT molecular complexity index is 348. The summed E-state index contributed by atoms with van der Waals surface area (Å²) in [6.45, 7) is 2.72. The molecule has 2 aliphatic rings. The van der Waals surface area contributed by atoms with Crippen molar-refractivity contribution in [2.75, 3.05) is 39.0 Å². The number of nitrogens with zero attached hydrogens (tertiary/aromatic N) is 1. The van der Waals surface area contributed by atoms with Crippen molar-refractivity contribution in [2.45, 2.75) is 31.8 Å². The Kier molecular flexibility index (Phi) is 5.00. The van der Waals surface area contributed by atoms with E-state index in [-0.39, 0.29) is 11.9 Å².